The zero-order chi connectivity index (χ0) is 16.7. The standard InChI is InChI=1S/C17H26O5/c1-10(15(19)20)12-5-7-16(3)8-6-14(22-11(2)18)17(4,21)13(16)9-12/h12-14,21H,1,5-9H2,2-4H3,(H,19,20)/t12-,13-,14+,16+,17+/m1/s1. The number of carbonyl (C=O) groups excluding carboxylic acids is 1. The van der Waals surface area contributed by atoms with Crippen LogP contribution >= 0.6 is 0 Å². The van der Waals surface area contributed by atoms with Crippen molar-refractivity contribution in [2.75, 3.05) is 0 Å². The normalized spacial score (nSPS) is 41.4. The molecule has 0 bridgehead atoms. The zero-order valence-corrected chi connectivity index (χ0v) is 13.6. The highest BCUT2D eigenvalue weighted by Crippen LogP contribution is 2.56. The van der Waals surface area contributed by atoms with E-state index in [0.29, 0.717) is 12.8 Å². The van der Waals surface area contributed by atoms with Gasteiger partial charge in [0.25, 0.3) is 0 Å². The molecular weight excluding hydrogens is 284 g/mol. The van der Waals surface area contributed by atoms with Gasteiger partial charge < -0.3 is 14.9 Å². The highest BCUT2D eigenvalue weighted by atomic mass is 16.6. The van der Waals surface area contributed by atoms with Crippen molar-refractivity contribution < 1.29 is 24.5 Å². The quantitative estimate of drug-likeness (QED) is 0.618. The fourth-order valence-corrected chi connectivity index (χ4v) is 4.46. The van der Waals surface area contributed by atoms with E-state index in [2.05, 4.69) is 13.5 Å². The monoisotopic (exact) mass is 310 g/mol. The Labute approximate surface area is 131 Å². The van der Waals surface area contributed by atoms with E-state index in [1.807, 2.05) is 0 Å². The fourth-order valence-electron chi connectivity index (χ4n) is 4.46. The molecule has 0 spiro atoms. The van der Waals surface area contributed by atoms with Crippen molar-refractivity contribution in [1.82, 2.24) is 0 Å². The molecule has 0 aromatic carbocycles. The van der Waals surface area contributed by atoms with Gasteiger partial charge in [0.15, 0.2) is 0 Å². The molecule has 22 heavy (non-hydrogen) atoms. The van der Waals surface area contributed by atoms with Crippen LogP contribution in [0.2, 0.25) is 0 Å². The lowest BCUT2D eigenvalue weighted by Gasteiger charge is -2.56. The van der Waals surface area contributed by atoms with Gasteiger partial charge in [0, 0.05) is 12.5 Å². The predicted octanol–water partition coefficient (Wildman–Crippen LogP) is 2.53. The zero-order valence-electron chi connectivity index (χ0n) is 13.6. The first kappa shape index (κ1) is 17.0. The second kappa shape index (κ2) is 5.69. The molecule has 0 amide bonds. The third-order valence-corrected chi connectivity index (χ3v) is 5.84. The number of carbonyl (C=O) groups is 2. The van der Waals surface area contributed by atoms with Gasteiger partial charge in [-0.1, -0.05) is 13.5 Å². The third-order valence-electron chi connectivity index (χ3n) is 5.84. The molecule has 2 aliphatic rings. The lowest BCUT2D eigenvalue weighted by atomic mass is 9.52. The van der Waals surface area contributed by atoms with E-state index in [0.717, 1.165) is 19.3 Å². The molecule has 2 saturated carbocycles. The van der Waals surface area contributed by atoms with Crippen LogP contribution < -0.4 is 0 Å². The van der Waals surface area contributed by atoms with E-state index in [4.69, 9.17) is 9.84 Å². The summed E-state index contributed by atoms with van der Waals surface area (Å²) in [6.45, 7) is 8.90. The Kier molecular flexibility index (Phi) is 4.39. The summed E-state index contributed by atoms with van der Waals surface area (Å²) in [6.07, 6.45) is 3.21. The van der Waals surface area contributed by atoms with E-state index >= 15 is 0 Å². The molecule has 0 aromatic heterocycles. The Morgan fingerprint density at radius 1 is 1.23 bits per heavy atom. The van der Waals surface area contributed by atoms with Crippen LogP contribution in [0.1, 0.15) is 52.9 Å². The van der Waals surface area contributed by atoms with Crippen LogP contribution in [0.4, 0.5) is 0 Å². The number of aliphatic carboxylic acids is 1. The molecule has 0 aromatic rings. The summed E-state index contributed by atoms with van der Waals surface area (Å²) in [5.74, 6) is -1.59. The van der Waals surface area contributed by atoms with Gasteiger partial charge in [-0.15, -0.1) is 0 Å². The molecular formula is C17H26O5. The molecule has 0 heterocycles. The van der Waals surface area contributed by atoms with Crippen molar-refractivity contribution in [2.24, 2.45) is 17.3 Å². The number of hydrogen-bond donors (Lipinski definition) is 2. The minimum Gasteiger partial charge on any atom is -0.478 e. The van der Waals surface area contributed by atoms with E-state index in [1.54, 1.807) is 6.92 Å². The summed E-state index contributed by atoms with van der Waals surface area (Å²) in [4.78, 5) is 22.5. The molecule has 2 rings (SSSR count). The summed E-state index contributed by atoms with van der Waals surface area (Å²) in [5.41, 5.74) is -0.974. The van der Waals surface area contributed by atoms with Crippen molar-refractivity contribution in [3.63, 3.8) is 0 Å². The molecule has 5 nitrogen and oxygen atoms in total. The van der Waals surface area contributed by atoms with Crippen LogP contribution in [-0.2, 0) is 14.3 Å². The summed E-state index contributed by atoms with van der Waals surface area (Å²) in [5, 5.41) is 20.2. The Hall–Kier alpha value is -1.36. The van der Waals surface area contributed by atoms with Gasteiger partial charge >= 0.3 is 11.9 Å². The van der Waals surface area contributed by atoms with Crippen LogP contribution in [0.15, 0.2) is 12.2 Å². The molecule has 0 unspecified atom stereocenters. The number of aliphatic hydroxyl groups is 1. The molecule has 2 fully saturated rings. The third kappa shape index (κ3) is 2.91. The summed E-state index contributed by atoms with van der Waals surface area (Å²) in [6, 6.07) is 0. The molecule has 2 aliphatic carbocycles. The Morgan fingerprint density at radius 3 is 2.36 bits per heavy atom. The molecule has 5 heteroatoms. The van der Waals surface area contributed by atoms with Crippen molar-refractivity contribution >= 4 is 11.9 Å². The first-order valence-electron chi connectivity index (χ1n) is 7.89. The summed E-state index contributed by atoms with van der Waals surface area (Å²) >= 11 is 0. The average molecular weight is 310 g/mol. The van der Waals surface area contributed by atoms with Crippen LogP contribution in [0.25, 0.3) is 0 Å². The SMILES string of the molecule is C=C(C(=O)O)[C@@H]1CC[C@@]2(C)CC[C@H](OC(C)=O)[C@@](C)(O)[C@@H]2C1. The number of carboxylic acids is 1. The first-order valence-corrected chi connectivity index (χ1v) is 7.89. The van der Waals surface area contributed by atoms with Crippen molar-refractivity contribution in [3.05, 3.63) is 12.2 Å². The van der Waals surface area contributed by atoms with Gasteiger partial charge in [-0.2, -0.15) is 0 Å². The number of ether oxygens (including phenoxy) is 1. The summed E-state index contributed by atoms with van der Waals surface area (Å²) < 4.78 is 5.32. The van der Waals surface area contributed by atoms with Crippen molar-refractivity contribution in [1.29, 1.82) is 0 Å². The Balaban J connectivity index is 2.24. The molecule has 124 valence electrons. The van der Waals surface area contributed by atoms with Gasteiger partial charge in [-0.25, -0.2) is 4.79 Å². The van der Waals surface area contributed by atoms with Gasteiger partial charge in [-0.3, -0.25) is 4.79 Å². The number of esters is 1. The lowest BCUT2D eigenvalue weighted by Crippen LogP contribution is -2.59. The number of rotatable bonds is 3. The summed E-state index contributed by atoms with van der Waals surface area (Å²) in [7, 11) is 0. The average Bonchev–Trinajstić information content (AvgIpc) is 2.41. The maximum atomic E-state index is 11.3. The fraction of sp³-hybridized carbons (Fsp3) is 0.765. The molecule has 2 N–H and O–H groups in total. The largest absolute Gasteiger partial charge is 0.478 e. The van der Waals surface area contributed by atoms with Crippen LogP contribution in [-0.4, -0.2) is 33.9 Å². The van der Waals surface area contributed by atoms with Crippen LogP contribution in [0.5, 0.6) is 0 Å². The number of fused-ring (bicyclic) bond motifs is 1. The first-order chi connectivity index (χ1) is 10.1. The van der Waals surface area contributed by atoms with Gasteiger partial charge in [0.1, 0.15) is 11.7 Å². The maximum absolute atomic E-state index is 11.3. The van der Waals surface area contributed by atoms with E-state index < -0.39 is 23.6 Å². The maximum Gasteiger partial charge on any atom is 0.331 e. The van der Waals surface area contributed by atoms with E-state index in [1.165, 1.54) is 6.92 Å². The van der Waals surface area contributed by atoms with Gasteiger partial charge in [0.2, 0.25) is 0 Å². The van der Waals surface area contributed by atoms with Crippen molar-refractivity contribution in [2.45, 2.75) is 64.6 Å². The Morgan fingerprint density at radius 2 is 1.82 bits per heavy atom. The predicted molar refractivity (Wildman–Crippen MR) is 81.1 cm³/mol. The van der Waals surface area contributed by atoms with Crippen LogP contribution in [0, 0.1) is 17.3 Å². The molecule has 0 radical (unpaired) electrons. The number of carboxylic acid groups (broad SMARTS) is 1. The molecule has 5 atom stereocenters. The minimum atomic E-state index is -1.14. The number of hydrogen-bond acceptors (Lipinski definition) is 4. The van der Waals surface area contributed by atoms with E-state index in [9.17, 15) is 14.7 Å². The van der Waals surface area contributed by atoms with Crippen molar-refractivity contribution in [3.8, 4) is 0 Å². The Bertz CT molecular complexity index is 495. The highest BCUT2D eigenvalue weighted by Gasteiger charge is 2.56. The smallest absolute Gasteiger partial charge is 0.331 e. The van der Waals surface area contributed by atoms with Crippen LogP contribution in [0.3, 0.4) is 0 Å². The minimum absolute atomic E-state index is 0.0462. The van der Waals surface area contributed by atoms with Gasteiger partial charge in [0.05, 0.1) is 0 Å². The van der Waals surface area contributed by atoms with E-state index in [-0.39, 0.29) is 22.8 Å². The second-order valence-corrected chi connectivity index (χ2v) is 7.37. The second-order valence-electron chi connectivity index (χ2n) is 7.37. The lowest BCUT2D eigenvalue weighted by molar-refractivity contribution is -0.203. The van der Waals surface area contributed by atoms with Gasteiger partial charge in [-0.05, 0) is 56.3 Å². The topological polar surface area (TPSA) is 83.8 Å². The molecule has 0 saturated heterocycles. The molecule has 0 aliphatic heterocycles. The highest BCUT2D eigenvalue weighted by molar-refractivity contribution is 5.86.